The van der Waals surface area contributed by atoms with E-state index in [4.69, 9.17) is 4.98 Å². The van der Waals surface area contributed by atoms with E-state index in [1.807, 2.05) is 30.3 Å². The number of carboxylic acid groups (broad SMARTS) is 1. The summed E-state index contributed by atoms with van der Waals surface area (Å²) in [6.45, 7) is 7.18. The van der Waals surface area contributed by atoms with Crippen LogP contribution in [-0.2, 0) is 0 Å². The molecule has 9 nitrogen and oxygen atoms in total. The lowest BCUT2D eigenvalue weighted by Crippen LogP contribution is -2.59. The number of fused-ring (bicyclic) bond motifs is 1. The zero-order valence-corrected chi connectivity index (χ0v) is 17.3. The summed E-state index contributed by atoms with van der Waals surface area (Å²) in [7, 11) is 0. The lowest BCUT2D eigenvalue weighted by molar-refractivity contribution is 0.0400. The van der Waals surface area contributed by atoms with Crippen LogP contribution >= 0.6 is 0 Å². The molecule has 0 spiro atoms. The SMILES string of the molecule is CC(C)(C)[C@]1(CNc2nc(-c3n[nH]c(=O)[nH]3)cc3ccccc23)CCCN1C(=O)O. The van der Waals surface area contributed by atoms with Crippen molar-refractivity contribution in [2.75, 3.05) is 18.4 Å². The van der Waals surface area contributed by atoms with E-state index in [-0.39, 0.29) is 5.41 Å². The van der Waals surface area contributed by atoms with Gasteiger partial charge in [-0.15, -0.1) is 0 Å². The topological polar surface area (TPSA) is 127 Å². The zero-order valence-electron chi connectivity index (χ0n) is 17.3. The first-order valence-electron chi connectivity index (χ1n) is 10.0. The Balaban J connectivity index is 1.76. The van der Waals surface area contributed by atoms with Crippen LogP contribution in [0.15, 0.2) is 35.1 Å². The minimum Gasteiger partial charge on any atom is -0.465 e. The van der Waals surface area contributed by atoms with Crippen molar-refractivity contribution in [3.8, 4) is 11.5 Å². The highest BCUT2D eigenvalue weighted by molar-refractivity contribution is 5.94. The number of carbonyl (C=O) groups is 1. The highest BCUT2D eigenvalue weighted by atomic mass is 16.4. The number of rotatable bonds is 4. The fourth-order valence-corrected chi connectivity index (χ4v) is 4.46. The third-order valence-corrected chi connectivity index (χ3v) is 6.15. The third kappa shape index (κ3) is 3.30. The van der Waals surface area contributed by atoms with Crippen LogP contribution in [0.5, 0.6) is 0 Å². The Morgan fingerprint density at radius 1 is 1.33 bits per heavy atom. The number of aromatic nitrogens is 4. The van der Waals surface area contributed by atoms with Gasteiger partial charge in [0.15, 0.2) is 5.82 Å². The summed E-state index contributed by atoms with van der Waals surface area (Å²) < 4.78 is 0. The molecule has 0 radical (unpaired) electrons. The number of hydrogen-bond acceptors (Lipinski definition) is 5. The van der Waals surface area contributed by atoms with Gasteiger partial charge in [0, 0.05) is 18.5 Å². The molecule has 0 saturated carbocycles. The second-order valence-corrected chi connectivity index (χ2v) is 8.78. The van der Waals surface area contributed by atoms with Gasteiger partial charge in [-0.25, -0.2) is 19.7 Å². The molecule has 30 heavy (non-hydrogen) atoms. The van der Waals surface area contributed by atoms with Crippen molar-refractivity contribution in [3.63, 3.8) is 0 Å². The van der Waals surface area contributed by atoms with Gasteiger partial charge in [0.1, 0.15) is 11.5 Å². The van der Waals surface area contributed by atoms with Gasteiger partial charge in [-0.1, -0.05) is 45.0 Å². The summed E-state index contributed by atoms with van der Waals surface area (Å²) >= 11 is 0. The first-order chi connectivity index (χ1) is 14.2. The Bertz CT molecular complexity index is 1150. The van der Waals surface area contributed by atoms with Gasteiger partial charge in [0.2, 0.25) is 0 Å². The van der Waals surface area contributed by atoms with Crippen LogP contribution in [-0.4, -0.2) is 54.9 Å². The van der Waals surface area contributed by atoms with E-state index < -0.39 is 17.3 Å². The van der Waals surface area contributed by atoms with Gasteiger partial charge in [-0.2, -0.15) is 5.10 Å². The van der Waals surface area contributed by atoms with Gasteiger partial charge >= 0.3 is 11.8 Å². The van der Waals surface area contributed by atoms with Crippen molar-refractivity contribution < 1.29 is 9.90 Å². The molecule has 1 amide bonds. The summed E-state index contributed by atoms with van der Waals surface area (Å²) in [5.41, 5.74) is -0.696. The molecule has 3 heterocycles. The van der Waals surface area contributed by atoms with Crippen molar-refractivity contribution in [2.24, 2.45) is 5.41 Å². The van der Waals surface area contributed by atoms with Gasteiger partial charge in [-0.3, -0.25) is 4.98 Å². The highest BCUT2D eigenvalue weighted by Gasteiger charge is 2.51. The Morgan fingerprint density at radius 3 is 2.77 bits per heavy atom. The second-order valence-electron chi connectivity index (χ2n) is 8.78. The molecule has 4 rings (SSSR count). The third-order valence-electron chi connectivity index (χ3n) is 6.15. The van der Waals surface area contributed by atoms with Crippen molar-refractivity contribution in [1.82, 2.24) is 25.1 Å². The molecule has 1 aliphatic rings. The number of amides is 1. The number of benzene rings is 1. The summed E-state index contributed by atoms with van der Waals surface area (Å²) in [6, 6.07) is 9.67. The molecule has 2 aromatic heterocycles. The van der Waals surface area contributed by atoms with E-state index in [0.717, 1.165) is 23.6 Å². The molecule has 158 valence electrons. The zero-order chi connectivity index (χ0) is 21.5. The van der Waals surface area contributed by atoms with Gasteiger partial charge in [0.05, 0.1) is 5.54 Å². The normalized spacial score (nSPS) is 19.4. The minimum atomic E-state index is -0.898. The maximum absolute atomic E-state index is 12.0. The molecule has 4 N–H and O–H groups in total. The molecule has 0 unspecified atom stereocenters. The van der Waals surface area contributed by atoms with Crippen molar-refractivity contribution in [2.45, 2.75) is 39.2 Å². The van der Waals surface area contributed by atoms with E-state index in [1.165, 1.54) is 0 Å². The number of nitrogens with zero attached hydrogens (tertiary/aromatic N) is 3. The number of nitrogens with one attached hydrogen (secondary N) is 3. The summed E-state index contributed by atoms with van der Waals surface area (Å²) in [5.74, 6) is 0.986. The predicted octanol–water partition coefficient (Wildman–Crippen LogP) is 3.28. The van der Waals surface area contributed by atoms with Crippen LogP contribution in [0.3, 0.4) is 0 Å². The lowest BCUT2D eigenvalue weighted by Gasteiger charge is -2.47. The van der Waals surface area contributed by atoms with Crippen LogP contribution in [0.2, 0.25) is 0 Å². The molecule has 1 fully saturated rings. The van der Waals surface area contributed by atoms with Crippen LogP contribution in [0.4, 0.5) is 10.6 Å². The molecule has 3 aromatic rings. The quantitative estimate of drug-likeness (QED) is 0.523. The minimum absolute atomic E-state index is 0.268. The molecule has 0 bridgehead atoms. The van der Waals surface area contributed by atoms with Gasteiger partial charge in [-0.05, 0) is 29.7 Å². The molecule has 9 heteroatoms. The Morgan fingerprint density at radius 2 is 2.10 bits per heavy atom. The molecule has 1 saturated heterocycles. The van der Waals surface area contributed by atoms with E-state index in [0.29, 0.717) is 30.4 Å². The van der Waals surface area contributed by atoms with Crippen molar-refractivity contribution in [1.29, 1.82) is 0 Å². The number of anilines is 1. The van der Waals surface area contributed by atoms with E-state index in [2.05, 4.69) is 41.3 Å². The van der Waals surface area contributed by atoms with Gasteiger partial charge < -0.3 is 15.3 Å². The van der Waals surface area contributed by atoms with Crippen LogP contribution in [0, 0.1) is 5.41 Å². The second kappa shape index (κ2) is 7.16. The predicted molar refractivity (Wildman–Crippen MR) is 115 cm³/mol. The summed E-state index contributed by atoms with van der Waals surface area (Å²) in [5, 5.41) is 21.5. The molecule has 0 aliphatic carbocycles. The van der Waals surface area contributed by atoms with Crippen molar-refractivity contribution in [3.05, 3.63) is 40.8 Å². The summed E-state index contributed by atoms with van der Waals surface area (Å²) in [6.07, 6.45) is 0.707. The average Bonchev–Trinajstić information content (AvgIpc) is 3.32. The first-order valence-corrected chi connectivity index (χ1v) is 10.0. The standard InChI is InChI=1S/C21H26N6O3/c1-20(2,3)21(9-6-10-27(21)19(29)30)12-22-16-14-8-5-4-7-13(14)11-15(23-16)17-24-18(28)26-25-17/h4-5,7-8,11H,6,9-10,12H2,1-3H3,(H,22,23)(H,29,30)(H2,24,25,26,28)/t21-/m1/s1. The smallest absolute Gasteiger partial charge is 0.407 e. The number of likely N-dealkylation sites (tertiary alicyclic amines) is 1. The number of aromatic amines is 2. The molecular formula is C21H26N6O3. The number of hydrogen-bond donors (Lipinski definition) is 4. The number of pyridine rings is 1. The molecule has 1 aromatic carbocycles. The fraction of sp³-hybridized carbons (Fsp3) is 0.429. The Hall–Kier alpha value is -3.36. The Kier molecular flexibility index (Phi) is 4.76. The van der Waals surface area contributed by atoms with E-state index >= 15 is 0 Å². The molecule has 1 atom stereocenters. The largest absolute Gasteiger partial charge is 0.465 e. The van der Waals surface area contributed by atoms with E-state index in [1.54, 1.807) is 4.90 Å². The maximum atomic E-state index is 12.0. The lowest BCUT2D eigenvalue weighted by atomic mass is 9.71. The van der Waals surface area contributed by atoms with Gasteiger partial charge in [0.25, 0.3) is 0 Å². The van der Waals surface area contributed by atoms with Crippen LogP contribution in [0.1, 0.15) is 33.6 Å². The summed E-state index contributed by atoms with van der Waals surface area (Å²) in [4.78, 5) is 32.4. The molecule has 1 aliphatic heterocycles. The number of H-pyrrole nitrogens is 2. The van der Waals surface area contributed by atoms with Crippen LogP contribution < -0.4 is 11.0 Å². The average molecular weight is 410 g/mol. The Labute approximate surface area is 173 Å². The molecular weight excluding hydrogens is 384 g/mol. The maximum Gasteiger partial charge on any atom is 0.407 e. The monoisotopic (exact) mass is 410 g/mol. The van der Waals surface area contributed by atoms with E-state index in [9.17, 15) is 14.7 Å². The fourth-order valence-electron chi connectivity index (χ4n) is 4.46. The van der Waals surface area contributed by atoms with Crippen molar-refractivity contribution >= 4 is 22.7 Å². The van der Waals surface area contributed by atoms with Crippen LogP contribution in [0.25, 0.3) is 22.3 Å². The highest BCUT2D eigenvalue weighted by Crippen LogP contribution is 2.44. The first kappa shape index (κ1) is 19.9.